The third-order valence-corrected chi connectivity index (χ3v) is 8.30. The lowest BCUT2D eigenvalue weighted by Crippen LogP contribution is -2.13. The third kappa shape index (κ3) is 7.83. The molecule has 0 aliphatic carbocycles. The van der Waals surface area contributed by atoms with Gasteiger partial charge in [0.1, 0.15) is 17.2 Å². The fraction of sp³-hybridized carbons (Fsp3) is 0.333. The minimum Gasteiger partial charge on any atom is -0.386 e. The zero-order valence-electron chi connectivity index (χ0n) is 25.8. The fourth-order valence-corrected chi connectivity index (χ4v) is 5.66. The van der Waals surface area contributed by atoms with E-state index in [1.165, 1.54) is 0 Å². The Hall–Kier alpha value is -3.49. The first-order valence-electron chi connectivity index (χ1n) is 14.1. The lowest BCUT2D eigenvalue weighted by molar-refractivity contribution is 0.298. The summed E-state index contributed by atoms with van der Waals surface area (Å²) in [5, 5.41) is 0. The number of benzene rings is 4. The van der Waals surface area contributed by atoms with Crippen molar-refractivity contribution in [2.45, 2.75) is 78.6 Å². The fourth-order valence-electron chi connectivity index (χ4n) is 4.39. The van der Waals surface area contributed by atoms with Crippen LogP contribution in [0.3, 0.4) is 0 Å². The van der Waals surface area contributed by atoms with Crippen molar-refractivity contribution in [1.29, 1.82) is 0 Å². The summed E-state index contributed by atoms with van der Waals surface area (Å²) >= 11 is 0. The summed E-state index contributed by atoms with van der Waals surface area (Å²) in [5.41, 5.74) is 5.05. The van der Waals surface area contributed by atoms with Gasteiger partial charge in [-0.05, 0) is 74.9 Å². The molecule has 0 unspecified atom stereocenters. The minimum atomic E-state index is -4.20. The van der Waals surface area contributed by atoms with Crippen LogP contribution in [0.5, 0.6) is 17.2 Å². The molecule has 5 heteroatoms. The van der Waals surface area contributed by atoms with E-state index < -0.39 is 7.82 Å². The molecule has 41 heavy (non-hydrogen) atoms. The van der Waals surface area contributed by atoms with Gasteiger partial charge in [0.2, 0.25) is 0 Å². The maximum atomic E-state index is 14.5. The van der Waals surface area contributed by atoms with E-state index in [1.54, 1.807) is 0 Å². The molecule has 0 aromatic heterocycles. The Labute approximate surface area is 246 Å². The summed E-state index contributed by atoms with van der Waals surface area (Å²) in [6.07, 6.45) is 0. The summed E-state index contributed by atoms with van der Waals surface area (Å²) in [7, 11) is -4.20. The van der Waals surface area contributed by atoms with Crippen molar-refractivity contribution < 1.29 is 18.1 Å². The van der Waals surface area contributed by atoms with Crippen LogP contribution in [0.25, 0.3) is 11.1 Å². The number of hydrogen-bond acceptors (Lipinski definition) is 4. The first-order chi connectivity index (χ1) is 19.0. The quantitative estimate of drug-likeness (QED) is 0.207. The van der Waals surface area contributed by atoms with Gasteiger partial charge in [-0.2, -0.15) is 4.57 Å². The first-order valence-corrected chi connectivity index (χ1v) is 15.6. The van der Waals surface area contributed by atoms with Gasteiger partial charge in [-0.1, -0.05) is 123 Å². The highest BCUT2D eigenvalue weighted by molar-refractivity contribution is 7.49. The van der Waals surface area contributed by atoms with Crippen molar-refractivity contribution in [2.24, 2.45) is 0 Å². The zero-order chi connectivity index (χ0) is 30.1. The number of phosphoric acid groups is 1. The molecule has 0 bridgehead atoms. The van der Waals surface area contributed by atoms with Gasteiger partial charge in [-0.3, -0.25) is 0 Å². The Bertz CT molecular complexity index is 1440. The van der Waals surface area contributed by atoms with Crippen LogP contribution in [0, 0.1) is 0 Å². The lowest BCUT2D eigenvalue weighted by Gasteiger charge is -2.24. The molecule has 0 amide bonds. The van der Waals surface area contributed by atoms with Gasteiger partial charge in [-0.25, -0.2) is 0 Å². The second-order valence-electron chi connectivity index (χ2n) is 13.6. The van der Waals surface area contributed by atoms with E-state index in [1.807, 2.05) is 91.0 Å². The highest BCUT2D eigenvalue weighted by atomic mass is 31.2. The average Bonchev–Trinajstić information content (AvgIpc) is 2.88. The van der Waals surface area contributed by atoms with Crippen molar-refractivity contribution in [3.05, 3.63) is 114 Å². The molecule has 0 heterocycles. The highest BCUT2D eigenvalue weighted by Crippen LogP contribution is 2.52. The van der Waals surface area contributed by atoms with Gasteiger partial charge in [-0.15, -0.1) is 0 Å². The van der Waals surface area contributed by atoms with E-state index >= 15 is 0 Å². The summed E-state index contributed by atoms with van der Waals surface area (Å²) in [6.45, 7) is 19.4. The molecule has 4 aromatic carbocycles. The molecule has 0 radical (unpaired) electrons. The van der Waals surface area contributed by atoms with E-state index in [9.17, 15) is 4.57 Å². The molecule has 0 spiro atoms. The standard InChI is InChI=1S/C36H43O4P/c1-34(2,3)27-15-20-30(21-16-27)38-41(37,39-31-22-17-28(18-23-31)35(4,5)6)40-33-24-19-29(36(7,8)9)25-32(33)26-13-11-10-12-14-26/h10-25H,1-9H3. The smallest absolute Gasteiger partial charge is 0.386 e. The van der Waals surface area contributed by atoms with E-state index in [4.69, 9.17) is 13.6 Å². The summed E-state index contributed by atoms with van der Waals surface area (Å²) < 4.78 is 32.9. The van der Waals surface area contributed by atoms with Crippen LogP contribution >= 0.6 is 7.82 Å². The predicted octanol–water partition coefficient (Wildman–Crippen LogP) is 10.9. The molecular formula is C36H43O4P. The Kier molecular flexibility index (Phi) is 8.48. The summed E-state index contributed by atoms with van der Waals surface area (Å²) in [6, 6.07) is 31.0. The molecule has 0 atom stereocenters. The second-order valence-corrected chi connectivity index (χ2v) is 15.0. The van der Waals surface area contributed by atoms with Crippen LogP contribution in [0.4, 0.5) is 0 Å². The average molecular weight is 571 g/mol. The van der Waals surface area contributed by atoms with E-state index in [-0.39, 0.29) is 16.2 Å². The van der Waals surface area contributed by atoms with Gasteiger partial charge < -0.3 is 13.6 Å². The SMILES string of the molecule is CC(C)(C)c1ccc(OP(=O)(Oc2ccc(C(C)(C)C)cc2)Oc2ccc(C(C)(C)C)cc2-c2ccccc2)cc1. The van der Waals surface area contributed by atoms with E-state index in [2.05, 4.69) is 68.4 Å². The Morgan fingerprint density at radius 2 is 0.902 bits per heavy atom. The van der Waals surface area contributed by atoms with Crippen molar-refractivity contribution >= 4 is 7.82 Å². The molecule has 216 valence electrons. The number of phosphoric ester groups is 1. The van der Waals surface area contributed by atoms with Crippen LogP contribution in [0.15, 0.2) is 97.1 Å². The molecular weight excluding hydrogens is 527 g/mol. The lowest BCUT2D eigenvalue weighted by atomic mass is 9.85. The van der Waals surface area contributed by atoms with E-state index in [0.717, 1.165) is 27.8 Å². The molecule has 4 aromatic rings. The van der Waals surface area contributed by atoms with E-state index in [0.29, 0.717) is 17.2 Å². The monoisotopic (exact) mass is 570 g/mol. The Balaban J connectivity index is 1.76. The second kappa shape index (κ2) is 11.4. The minimum absolute atomic E-state index is 0.0244. The van der Waals surface area contributed by atoms with Crippen molar-refractivity contribution in [3.63, 3.8) is 0 Å². The van der Waals surface area contributed by atoms with Crippen LogP contribution in [-0.2, 0) is 20.8 Å². The van der Waals surface area contributed by atoms with Crippen LogP contribution in [0.1, 0.15) is 79.0 Å². The number of hydrogen-bond donors (Lipinski definition) is 0. The van der Waals surface area contributed by atoms with Crippen LogP contribution in [-0.4, -0.2) is 0 Å². The molecule has 4 nitrogen and oxygen atoms in total. The third-order valence-electron chi connectivity index (χ3n) is 7.02. The molecule has 0 fully saturated rings. The zero-order valence-corrected chi connectivity index (χ0v) is 26.7. The van der Waals surface area contributed by atoms with Gasteiger partial charge in [0.25, 0.3) is 0 Å². The van der Waals surface area contributed by atoms with Crippen LogP contribution in [0.2, 0.25) is 0 Å². The summed E-state index contributed by atoms with van der Waals surface area (Å²) in [4.78, 5) is 0. The maximum Gasteiger partial charge on any atom is 0.647 e. The topological polar surface area (TPSA) is 44.8 Å². The van der Waals surface area contributed by atoms with Gasteiger partial charge >= 0.3 is 7.82 Å². The van der Waals surface area contributed by atoms with Crippen molar-refractivity contribution in [3.8, 4) is 28.4 Å². The molecule has 0 aliphatic heterocycles. The van der Waals surface area contributed by atoms with Gasteiger partial charge in [0.05, 0.1) is 0 Å². The molecule has 0 N–H and O–H groups in total. The Morgan fingerprint density at radius 3 is 1.32 bits per heavy atom. The largest absolute Gasteiger partial charge is 0.647 e. The Morgan fingerprint density at radius 1 is 0.488 bits per heavy atom. The number of rotatable bonds is 7. The van der Waals surface area contributed by atoms with Crippen molar-refractivity contribution in [1.82, 2.24) is 0 Å². The van der Waals surface area contributed by atoms with Crippen molar-refractivity contribution in [2.75, 3.05) is 0 Å². The highest BCUT2D eigenvalue weighted by Gasteiger charge is 2.35. The summed E-state index contributed by atoms with van der Waals surface area (Å²) in [5.74, 6) is 1.23. The molecule has 0 saturated heterocycles. The predicted molar refractivity (Wildman–Crippen MR) is 170 cm³/mol. The first kappa shape index (κ1) is 30.5. The normalized spacial score (nSPS) is 12.6. The maximum absolute atomic E-state index is 14.5. The van der Waals surface area contributed by atoms with Crippen LogP contribution < -0.4 is 13.6 Å². The molecule has 0 saturated carbocycles. The van der Waals surface area contributed by atoms with Gasteiger partial charge in [0.15, 0.2) is 0 Å². The molecule has 4 rings (SSSR count). The molecule has 0 aliphatic rings. The van der Waals surface area contributed by atoms with Gasteiger partial charge in [0, 0.05) is 5.56 Å².